The number of carbonyl (C=O) groups is 3. The maximum atomic E-state index is 15.1. The first-order valence-corrected chi connectivity index (χ1v) is 19.7. The third-order valence-electron chi connectivity index (χ3n) is 16.6. The van der Waals surface area contributed by atoms with Crippen LogP contribution in [0.1, 0.15) is 148 Å². The van der Waals surface area contributed by atoms with E-state index >= 15 is 4.79 Å². The minimum absolute atomic E-state index is 0.0168. The molecule has 1 aliphatic heterocycles. The van der Waals surface area contributed by atoms with Crippen molar-refractivity contribution in [3.63, 3.8) is 0 Å². The van der Waals surface area contributed by atoms with E-state index in [1.54, 1.807) is 18.7 Å². The normalized spacial score (nSPS) is 45.1. The zero-order valence-corrected chi connectivity index (χ0v) is 32.4. The van der Waals surface area contributed by atoms with Crippen LogP contribution >= 0.6 is 0 Å². The first-order valence-electron chi connectivity index (χ1n) is 22.7. The molecule has 0 N–H and O–H groups in total. The van der Waals surface area contributed by atoms with Crippen LogP contribution in [0.2, 0.25) is 0 Å². The predicted octanol–water partition coefficient (Wildman–Crippen LogP) is 8.45. The van der Waals surface area contributed by atoms with Gasteiger partial charge in [-0.3, -0.25) is 19.3 Å². The molecule has 1 saturated heterocycles. The molecule has 282 valence electrons. The van der Waals surface area contributed by atoms with Crippen LogP contribution < -0.4 is 0 Å². The molecule has 1 amide bonds. The lowest BCUT2D eigenvalue weighted by atomic mass is 9.32. The number of hydrogen-bond donors (Lipinski definition) is 0. The van der Waals surface area contributed by atoms with Crippen molar-refractivity contribution in [1.29, 1.82) is 0 Å². The fraction of sp³-hybridized carbons (Fsp3) is 0.884. The molecule has 50 heavy (non-hydrogen) atoms. The van der Waals surface area contributed by atoms with Gasteiger partial charge >= 0.3 is 5.97 Å². The Morgan fingerprint density at radius 3 is 2.24 bits per heavy atom. The van der Waals surface area contributed by atoms with Crippen LogP contribution in [0.3, 0.4) is 0 Å². The molecule has 6 aliphatic rings. The maximum absolute atomic E-state index is 15.1. The average molecular weight is 701 g/mol. The summed E-state index contributed by atoms with van der Waals surface area (Å²) in [4.78, 5) is 42.7. The van der Waals surface area contributed by atoms with E-state index in [2.05, 4.69) is 48.1 Å². The highest BCUT2D eigenvalue weighted by Crippen LogP contribution is 2.77. The van der Waals surface area contributed by atoms with Crippen LogP contribution in [0, 0.1) is 56.7 Å². The zero-order valence-electron chi connectivity index (χ0n) is 38.4. The second-order valence-corrected chi connectivity index (χ2v) is 19.6. The summed E-state index contributed by atoms with van der Waals surface area (Å²) >= 11 is 0. The van der Waals surface area contributed by atoms with E-state index in [1.165, 1.54) is 0 Å². The number of piperazine rings is 1. The third-order valence-corrected chi connectivity index (χ3v) is 16.6. The summed E-state index contributed by atoms with van der Waals surface area (Å²) in [6, 6.07) is -1.54. The molecular weight excluding hydrogens is 624 g/mol. The Morgan fingerprint density at radius 1 is 0.900 bits per heavy atom. The molecule has 0 aromatic heterocycles. The number of carbonyl (C=O) groups excluding carboxylic acids is 3. The lowest BCUT2D eigenvalue weighted by molar-refractivity contribution is -0.250. The fourth-order valence-electron chi connectivity index (χ4n) is 13.9. The van der Waals surface area contributed by atoms with E-state index in [0.717, 1.165) is 69.8 Å². The van der Waals surface area contributed by atoms with E-state index < -0.39 is 30.8 Å². The summed E-state index contributed by atoms with van der Waals surface area (Å²) in [5, 5.41) is 0. The minimum atomic E-state index is -2.65. The van der Waals surface area contributed by atoms with Crippen molar-refractivity contribution >= 4 is 18.3 Å². The van der Waals surface area contributed by atoms with Crippen molar-refractivity contribution in [2.45, 2.75) is 157 Å². The molecule has 1 heterocycles. The average Bonchev–Trinajstić information content (AvgIpc) is 3.46. The molecule has 5 aliphatic carbocycles. The van der Waals surface area contributed by atoms with Gasteiger partial charge in [0.15, 0.2) is 0 Å². The van der Waals surface area contributed by atoms with Crippen LogP contribution in [0.25, 0.3) is 0 Å². The van der Waals surface area contributed by atoms with Gasteiger partial charge in [0.25, 0.3) is 6.47 Å². The van der Waals surface area contributed by atoms with Crippen LogP contribution in [0.15, 0.2) is 12.2 Å². The van der Waals surface area contributed by atoms with Gasteiger partial charge in [0.2, 0.25) is 5.91 Å². The highest BCUT2D eigenvalue weighted by molar-refractivity contribution is 5.84. The number of allylic oxidation sites excluding steroid dienone is 1. The number of esters is 1. The number of amides is 1. The summed E-state index contributed by atoms with van der Waals surface area (Å²) in [6.07, 6.45) is 9.53. The number of hydrogen-bond acceptors (Lipinski definition) is 6. The lowest BCUT2D eigenvalue weighted by Crippen LogP contribution is -2.68. The molecule has 7 nitrogen and oxygen atoms in total. The lowest BCUT2D eigenvalue weighted by Gasteiger charge is -2.73. The fourth-order valence-corrected chi connectivity index (χ4v) is 13.9. The van der Waals surface area contributed by atoms with Crippen LogP contribution in [0.5, 0.6) is 0 Å². The van der Waals surface area contributed by atoms with E-state index in [9.17, 15) is 9.59 Å². The third kappa shape index (κ3) is 5.72. The van der Waals surface area contributed by atoms with Gasteiger partial charge in [-0.15, -0.1) is 0 Å². The van der Waals surface area contributed by atoms with Gasteiger partial charge in [0.1, 0.15) is 11.7 Å². The molecule has 5 saturated carbocycles. The number of fused-ring (bicyclic) bond motifs is 7. The zero-order chi connectivity index (χ0) is 41.7. The SMILES string of the molecule is [2H]C([2H])([2H])C(N1CCN(C(=O)[C@]23CC[C@@H](C(=C)C)[C@@H]2[C@H]2CC[C@@H]4[C@@]5(C)CC[C@H](OC(=O)CC(C)(C)OC=O)C(C)(C)[C@@H]5CC[C@@]4(C)[C@]2(C)CC3)CC1)C([2H])([2H])[2H]. The van der Waals surface area contributed by atoms with Crippen molar-refractivity contribution in [1.82, 2.24) is 9.80 Å². The number of nitrogens with zero attached hydrogens (tertiary/aromatic N) is 2. The van der Waals surface area contributed by atoms with Gasteiger partial charge in [-0.1, -0.05) is 46.8 Å². The molecule has 0 aromatic rings. The van der Waals surface area contributed by atoms with Crippen molar-refractivity contribution < 1.29 is 32.1 Å². The molecular formula is C43H70N2O5. The molecule has 6 fully saturated rings. The second-order valence-electron chi connectivity index (χ2n) is 19.6. The van der Waals surface area contributed by atoms with Crippen LogP contribution in [-0.2, 0) is 23.9 Å². The first kappa shape index (κ1) is 30.6. The van der Waals surface area contributed by atoms with Gasteiger partial charge in [0, 0.05) is 45.9 Å². The topological polar surface area (TPSA) is 76.2 Å². The molecule has 10 atom stereocenters. The smallest absolute Gasteiger partial charge is 0.310 e. The predicted molar refractivity (Wildman–Crippen MR) is 198 cm³/mol. The van der Waals surface area contributed by atoms with Crippen molar-refractivity contribution in [2.24, 2.45) is 56.7 Å². The van der Waals surface area contributed by atoms with Crippen LogP contribution in [-0.4, -0.2) is 72.1 Å². The number of ether oxygens (including phenoxy) is 2. The molecule has 0 radical (unpaired) electrons. The van der Waals surface area contributed by atoms with Gasteiger partial charge in [0.05, 0.1) is 11.8 Å². The Bertz CT molecular complexity index is 1540. The Balaban J connectivity index is 1.23. The molecule has 0 spiro atoms. The summed E-state index contributed by atoms with van der Waals surface area (Å²) < 4.78 is 59.3. The Kier molecular flexibility index (Phi) is 7.89. The van der Waals surface area contributed by atoms with Crippen molar-refractivity contribution in [3.05, 3.63) is 12.2 Å². The molecule has 6 rings (SSSR count). The highest BCUT2D eigenvalue weighted by atomic mass is 16.6. The maximum Gasteiger partial charge on any atom is 0.310 e. The first-order chi connectivity index (χ1) is 25.7. The van der Waals surface area contributed by atoms with Crippen LogP contribution in [0.4, 0.5) is 0 Å². The molecule has 0 unspecified atom stereocenters. The standard InChI is InChI=1S/C43H70N2O5/c1-28(2)30-14-19-43(37(48)45-24-22-44(23-25-45)29(3)4)21-20-41(10)31(36(30)43)12-13-33-40(9)17-16-34(50-35(47)26-38(5,6)49-27-46)39(7,8)32(40)15-18-42(33,41)11/h27,29-34,36H,1,12-26H2,2-11H3/t30-,31+,32-,33+,34-,36+,40-,41+,42+,43-/m0/s1/i3D3,4D3. The van der Waals surface area contributed by atoms with Crippen molar-refractivity contribution in [2.75, 3.05) is 26.2 Å². The second kappa shape index (κ2) is 12.9. The summed E-state index contributed by atoms with van der Waals surface area (Å²) in [6.45, 7) is 18.6. The summed E-state index contributed by atoms with van der Waals surface area (Å²) in [5.41, 5.74) is -0.308. The van der Waals surface area contributed by atoms with Gasteiger partial charge < -0.3 is 14.4 Å². The Hall–Kier alpha value is -1.89. The Labute approximate surface area is 312 Å². The monoisotopic (exact) mass is 701 g/mol. The summed E-state index contributed by atoms with van der Waals surface area (Å²) in [7, 11) is 0. The largest absolute Gasteiger partial charge is 0.462 e. The quantitative estimate of drug-likeness (QED) is 0.144. The van der Waals surface area contributed by atoms with E-state index in [1.807, 2.05) is 4.90 Å². The summed E-state index contributed by atoms with van der Waals surface area (Å²) in [5.74, 6) is 1.55. The van der Waals surface area contributed by atoms with Gasteiger partial charge in [-0.2, -0.15) is 0 Å². The van der Waals surface area contributed by atoms with E-state index in [0.29, 0.717) is 37.3 Å². The molecule has 7 heteroatoms. The highest BCUT2D eigenvalue weighted by Gasteiger charge is 2.72. The van der Waals surface area contributed by atoms with Gasteiger partial charge in [-0.25, -0.2) is 0 Å². The minimum Gasteiger partial charge on any atom is -0.462 e. The Morgan fingerprint density at radius 2 is 1.60 bits per heavy atom. The van der Waals surface area contributed by atoms with Crippen molar-refractivity contribution in [3.8, 4) is 0 Å². The van der Waals surface area contributed by atoms with E-state index in [4.69, 9.17) is 17.7 Å². The van der Waals surface area contributed by atoms with Gasteiger partial charge in [-0.05, 0) is 145 Å². The molecule has 0 aromatic carbocycles. The number of rotatable bonds is 8. The van der Waals surface area contributed by atoms with E-state index in [-0.39, 0.29) is 71.0 Å². The molecule has 0 bridgehead atoms.